The van der Waals surface area contributed by atoms with E-state index in [9.17, 15) is 4.79 Å². The first kappa shape index (κ1) is 16.8. The molecular weight excluding hydrogens is 370 g/mol. The lowest BCUT2D eigenvalue weighted by Gasteiger charge is -2.26. The molecule has 1 amide bonds. The minimum absolute atomic E-state index is 0.0692. The third-order valence-electron chi connectivity index (χ3n) is 4.40. The Hall–Kier alpha value is -2.01. The minimum atomic E-state index is 0.0692. The number of benzene rings is 2. The number of hydrogen-bond acceptors (Lipinski definition) is 3. The van der Waals surface area contributed by atoms with E-state index in [0.29, 0.717) is 17.1 Å². The highest BCUT2D eigenvalue weighted by Gasteiger charge is 2.31. The molecule has 0 N–H and O–H groups in total. The number of ether oxygens (including phenoxy) is 2. The van der Waals surface area contributed by atoms with Gasteiger partial charge in [-0.15, -0.1) is 0 Å². The number of carbonyl (C=O) groups is 1. The van der Waals surface area contributed by atoms with Gasteiger partial charge in [0.1, 0.15) is 0 Å². The summed E-state index contributed by atoms with van der Waals surface area (Å²) < 4.78 is 11.7. The second kappa shape index (κ2) is 7.26. The van der Waals surface area contributed by atoms with Gasteiger partial charge in [-0.05, 0) is 54.8 Å². The maximum atomic E-state index is 12.9. The van der Waals surface area contributed by atoms with Crippen LogP contribution < -0.4 is 9.47 Å². The zero-order chi connectivity index (χ0) is 17.1. The summed E-state index contributed by atoms with van der Waals surface area (Å²) in [5, 5.41) is 0. The molecule has 5 heteroatoms. The summed E-state index contributed by atoms with van der Waals surface area (Å²) in [6, 6.07) is 13.5. The number of amides is 1. The van der Waals surface area contributed by atoms with Gasteiger partial charge in [0.15, 0.2) is 11.5 Å². The smallest absolute Gasteiger partial charge is 0.254 e. The maximum absolute atomic E-state index is 12.9. The van der Waals surface area contributed by atoms with E-state index >= 15 is 0 Å². The molecule has 0 saturated carbocycles. The molecular formula is C19H20BrNO3. The standard InChI is InChI=1S/C19H20BrNO3/c1-23-17-10-7-14(12-18(17)24-2)16-4-3-11-21(16)19(22)13-5-8-15(20)9-6-13/h5-10,12,16H,3-4,11H2,1-2H3/t16-/m0/s1. The highest BCUT2D eigenvalue weighted by Crippen LogP contribution is 2.37. The van der Waals surface area contributed by atoms with Crippen LogP contribution in [0.25, 0.3) is 0 Å². The SMILES string of the molecule is COc1ccc([C@@H]2CCCN2C(=O)c2ccc(Br)cc2)cc1OC. The molecule has 126 valence electrons. The topological polar surface area (TPSA) is 38.8 Å². The Morgan fingerprint density at radius 2 is 1.79 bits per heavy atom. The van der Waals surface area contributed by atoms with Crippen molar-refractivity contribution in [2.75, 3.05) is 20.8 Å². The quantitative estimate of drug-likeness (QED) is 0.775. The molecule has 1 aliphatic rings. The van der Waals surface area contributed by atoms with E-state index in [-0.39, 0.29) is 11.9 Å². The third-order valence-corrected chi connectivity index (χ3v) is 4.93. The summed E-state index contributed by atoms with van der Waals surface area (Å²) in [6.45, 7) is 0.772. The van der Waals surface area contributed by atoms with Gasteiger partial charge in [-0.25, -0.2) is 0 Å². The predicted molar refractivity (Wildman–Crippen MR) is 96.7 cm³/mol. The van der Waals surface area contributed by atoms with Crippen LogP contribution >= 0.6 is 15.9 Å². The summed E-state index contributed by atoms with van der Waals surface area (Å²) >= 11 is 3.41. The lowest BCUT2D eigenvalue weighted by atomic mass is 10.0. The molecule has 0 aliphatic carbocycles. The molecule has 2 aromatic rings. The molecule has 1 fully saturated rings. The molecule has 1 heterocycles. The average Bonchev–Trinajstić information content (AvgIpc) is 3.10. The van der Waals surface area contributed by atoms with Gasteiger partial charge in [0.25, 0.3) is 5.91 Å². The maximum Gasteiger partial charge on any atom is 0.254 e. The molecule has 3 rings (SSSR count). The zero-order valence-electron chi connectivity index (χ0n) is 13.8. The summed E-state index contributed by atoms with van der Waals surface area (Å²) in [5.41, 5.74) is 1.79. The van der Waals surface area contributed by atoms with Gasteiger partial charge in [0.2, 0.25) is 0 Å². The molecule has 0 bridgehead atoms. The Labute approximate surface area is 150 Å². The van der Waals surface area contributed by atoms with Crippen LogP contribution in [0, 0.1) is 0 Å². The molecule has 0 aromatic heterocycles. The first-order valence-electron chi connectivity index (χ1n) is 7.92. The Bertz CT molecular complexity index is 730. The van der Waals surface area contributed by atoms with Crippen LogP contribution in [0.4, 0.5) is 0 Å². The Kier molecular flexibility index (Phi) is 5.09. The average molecular weight is 390 g/mol. The molecule has 1 aliphatic heterocycles. The molecule has 1 atom stereocenters. The summed E-state index contributed by atoms with van der Waals surface area (Å²) in [7, 11) is 3.25. The van der Waals surface area contributed by atoms with Crippen molar-refractivity contribution >= 4 is 21.8 Å². The van der Waals surface area contributed by atoms with Gasteiger partial charge >= 0.3 is 0 Å². The number of likely N-dealkylation sites (tertiary alicyclic amines) is 1. The normalized spacial score (nSPS) is 17.0. The van der Waals surface area contributed by atoms with Gasteiger partial charge < -0.3 is 14.4 Å². The molecule has 0 unspecified atom stereocenters. The van der Waals surface area contributed by atoms with E-state index in [2.05, 4.69) is 15.9 Å². The first-order valence-corrected chi connectivity index (χ1v) is 8.72. The predicted octanol–water partition coefficient (Wildman–Crippen LogP) is 4.44. The minimum Gasteiger partial charge on any atom is -0.493 e. The highest BCUT2D eigenvalue weighted by molar-refractivity contribution is 9.10. The fraction of sp³-hybridized carbons (Fsp3) is 0.316. The Morgan fingerprint density at radius 3 is 2.46 bits per heavy atom. The first-order chi connectivity index (χ1) is 11.6. The monoisotopic (exact) mass is 389 g/mol. The van der Waals surface area contributed by atoms with Crippen LogP contribution in [-0.2, 0) is 0 Å². The summed E-state index contributed by atoms with van der Waals surface area (Å²) in [5.74, 6) is 1.46. The summed E-state index contributed by atoms with van der Waals surface area (Å²) in [6.07, 6.45) is 1.96. The lowest BCUT2D eigenvalue weighted by molar-refractivity contribution is 0.0735. The second-order valence-corrected chi connectivity index (χ2v) is 6.69. The Morgan fingerprint density at radius 1 is 1.08 bits per heavy atom. The fourth-order valence-corrected chi connectivity index (χ4v) is 3.44. The van der Waals surface area contributed by atoms with E-state index in [1.165, 1.54) is 0 Å². The van der Waals surface area contributed by atoms with Crippen molar-refractivity contribution in [2.45, 2.75) is 18.9 Å². The summed E-state index contributed by atoms with van der Waals surface area (Å²) in [4.78, 5) is 14.8. The van der Waals surface area contributed by atoms with E-state index < -0.39 is 0 Å². The van der Waals surface area contributed by atoms with Gasteiger partial charge in [0, 0.05) is 16.6 Å². The van der Waals surface area contributed by atoms with Crippen LogP contribution in [0.2, 0.25) is 0 Å². The number of carbonyl (C=O) groups excluding carboxylic acids is 1. The van der Waals surface area contributed by atoms with E-state index in [0.717, 1.165) is 29.4 Å². The van der Waals surface area contributed by atoms with Crippen LogP contribution in [0.3, 0.4) is 0 Å². The molecule has 0 radical (unpaired) electrons. The van der Waals surface area contributed by atoms with Gasteiger partial charge in [-0.1, -0.05) is 22.0 Å². The third kappa shape index (κ3) is 3.26. The highest BCUT2D eigenvalue weighted by atomic mass is 79.9. The number of halogens is 1. The fourth-order valence-electron chi connectivity index (χ4n) is 3.17. The van der Waals surface area contributed by atoms with E-state index in [4.69, 9.17) is 9.47 Å². The van der Waals surface area contributed by atoms with Crippen molar-refractivity contribution in [1.29, 1.82) is 0 Å². The van der Waals surface area contributed by atoms with Crippen molar-refractivity contribution in [3.05, 3.63) is 58.1 Å². The Balaban J connectivity index is 1.87. The lowest BCUT2D eigenvalue weighted by Crippen LogP contribution is -2.30. The molecule has 2 aromatic carbocycles. The number of nitrogens with zero attached hydrogens (tertiary/aromatic N) is 1. The van der Waals surface area contributed by atoms with Gasteiger partial charge in [-0.2, -0.15) is 0 Å². The van der Waals surface area contributed by atoms with Crippen molar-refractivity contribution in [3.63, 3.8) is 0 Å². The molecule has 1 saturated heterocycles. The number of rotatable bonds is 4. The van der Waals surface area contributed by atoms with E-state index in [1.54, 1.807) is 14.2 Å². The van der Waals surface area contributed by atoms with Crippen molar-refractivity contribution < 1.29 is 14.3 Å². The van der Waals surface area contributed by atoms with Gasteiger partial charge in [0.05, 0.1) is 20.3 Å². The van der Waals surface area contributed by atoms with Crippen molar-refractivity contribution in [2.24, 2.45) is 0 Å². The largest absolute Gasteiger partial charge is 0.493 e. The zero-order valence-corrected chi connectivity index (χ0v) is 15.4. The van der Waals surface area contributed by atoms with Crippen LogP contribution in [-0.4, -0.2) is 31.6 Å². The molecule has 4 nitrogen and oxygen atoms in total. The molecule has 24 heavy (non-hydrogen) atoms. The second-order valence-electron chi connectivity index (χ2n) is 5.78. The van der Waals surface area contributed by atoms with Gasteiger partial charge in [-0.3, -0.25) is 4.79 Å². The van der Waals surface area contributed by atoms with Crippen molar-refractivity contribution in [1.82, 2.24) is 4.90 Å². The van der Waals surface area contributed by atoms with Crippen LogP contribution in [0.15, 0.2) is 46.9 Å². The van der Waals surface area contributed by atoms with E-state index in [1.807, 2.05) is 47.4 Å². The van der Waals surface area contributed by atoms with Crippen LogP contribution in [0.1, 0.15) is 34.8 Å². The number of methoxy groups -OCH3 is 2. The number of hydrogen-bond donors (Lipinski definition) is 0. The molecule has 0 spiro atoms. The van der Waals surface area contributed by atoms with Crippen LogP contribution in [0.5, 0.6) is 11.5 Å². The van der Waals surface area contributed by atoms with Crippen molar-refractivity contribution in [3.8, 4) is 11.5 Å².